The Morgan fingerprint density at radius 3 is 2.30 bits per heavy atom. The number of nitrogens with zero attached hydrogens (tertiary/aromatic N) is 3. The van der Waals surface area contributed by atoms with Crippen LogP contribution in [0.15, 0.2) is 6.07 Å². The van der Waals surface area contributed by atoms with E-state index in [1.165, 1.54) is 10.7 Å². The summed E-state index contributed by atoms with van der Waals surface area (Å²) in [5.41, 5.74) is -0.0812. The van der Waals surface area contributed by atoms with Gasteiger partial charge in [-0.25, -0.2) is 8.42 Å². The number of alkyl halides is 3. The quantitative estimate of drug-likeness (QED) is 0.752. The third kappa shape index (κ3) is 4.67. The molecule has 0 saturated carbocycles. The first kappa shape index (κ1) is 20.6. The highest BCUT2D eigenvalue weighted by Gasteiger charge is 2.46. The summed E-state index contributed by atoms with van der Waals surface area (Å²) in [6.07, 6.45) is -2.42. The summed E-state index contributed by atoms with van der Waals surface area (Å²) in [6.45, 7) is 8.30. The molecule has 2 fully saturated rings. The lowest BCUT2D eigenvalue weighted by molar-refractivity contribution is -0.141. The summed E-state index contributed by atoms with van der Waals surface area (Å²) in [7, 11) is -2.85. The first-order valence-electron chi connectivity index (χ1n) is 9.48. The van der Waals surface area contributed by atoms with Crippen molar-refractivity contribution in [2.45, 2.75) is 52.3 Å². The van der Waals surface area contributed by atoms with Crippen molar-refractivity contribution in [1.29, 1.82) is 0 Å². The number of likely N-dealkylation sites (tertiary alicyclic amines) is 1. The fraction of sp³-hybridized carbons (Fsp3) is 0.833. The summed E-state index contributed by atoms with van der Waals surface area (Å²) < 4.78 is 63.6. The maximum absolute atomic E-state index is 13.0. The smallest absolute Gasteiger partial charge is 0.302 e. The lowest BCUT2D eigenvalue weighted by Gasteiger charge is -2.53. The van der Waals surface area contributed by atoms with E-state index in [1.54, 1.807) is 0 Å². The lowest BCUT2D eigenvalue weighted by atomic mass is 9.74. The van der Waals surface area contributed by atoms with Crippen molar-refractivity contribution < 1.29 is 21.6 Å². The average molecular weight is 408 g/mol. The summed E-state index contributed by atoms with van der Waals surface area (Å²) in [4.78, 5) is 2.29. The Morgan fingerprint density at radius 1 is 1.19 bits per heavy atom. The molecule has 0 N–H and O–H groups in total. The van der Waals surface area contributed by atoms with E-state index in [4.69, 9.17) is 0 Å². The minimum Gasteiger partial charge on any atom is -0.302 e. The van der Waals surface area contributed by atoms with E-state index in [2.05, 4.69) is 10.00 Å². The van der Waals surface area contributed by atoms with Crippen molar-refractivity contribution >= 4 is 9.84 Å². The highest BCUT2D eigenvalue weighted by molar-refractivity contribution is 7.91. The van der Waals surface area contributed by atoms with Crippen molar-refractivity contribution in [3.05, 3.63) is 17.5 Å². The van der Waals surface area contributed by atoms with Gasteiger partial charge in [0.25, 0.3) is 0 Å². The largest absolute Gasteiger partial charge is 0.435 e. The molecular formula is C18H28F3N3O2S. The molecule has 1 atom stereocenters. The maximum atomic E-state index is 13.0. The van der Waals surface area contributed by atoms with Gasteiger partial charge in [-0.1, -0.05) is 6.92 Å². The van der Waals surface area contributed by atoms with Gasteiger partial charge in [0.2, 0.25) is 0 Å². The summed E-state index contributed by atoms with van der Waals surface area (Å²) in [5, 5.41) is 3.75. The van der Waals surface area contributed by atoms with Gasteiger partial charge in [-0.3, -0.25) is 4.68 Å². The van der Waals surface area contributed by atoms with E-state index < -0.39 is 21.7 Å². The number of sulfone groups is 1. The van der Waals surface area contributed by atoms with Gasteiger partial charge in [-0.05, 0) is 50.5 Å². The highest BCUT2D eigenvalue weighted by atomic mass is 32.2. The molecule has 1 aromatic heterocycles. The van der Waals surface area contributed by atoms with Crippen LogP contribution >= 0.6 is 0 Å². The first-order chi connectivity index (χ1) is 12.4. The molecule has 2 aliphatic heterocycles. The van der Waals surface area contributed by atoms with Crippen molar-refractivity contribution in [2.24, 2.45) is 11.3 Å². The molecule has 0 radical (unpaired) electrons. The molecule has 27 heavy (non-hydrogen) atoms. The van der Waals surface area contributed by atoms with Gasteiger partial charge < -0.3 is 4.90 Å². The van der Waals surface area contributed by atoms with Gasteiger partial charge in [0.15, 0.2) is 5.69 Å². The van der Waals surface area contributed by atoms with Crippen molar-refractivity contribution in [3.63, 3.8) is 0 Å². The van der Waals surface area contributed by atoms with Crippen LogP contribution in [0.2, 0.25) is 0 Å². The van der Waals surface area contributed by atoms with Crippen molar-refractivity contribution in [1.82, 2.24) is 14.7 Å². The average Bonchev–Trinajstić information content (AvgIpc) is 2.92. The second kappa shape index (κ2) is 7.06. The molecule has 1 aromatic rings. The molecule has 0 unspecified atom stereocenters. The second-order valence-corrected chi connectivity index (χ2v) is 11.0. The van der Waals surface area contributed by atoms with E-state index in [0.717, 1.165) is 32.5 Å². The van der Waals surface area contributed by atoms with E-state index >= 15 is 0 Å². The SMILES string of the molecule is CC(C)n1nc(C(F)(F)F)cc1C[C@@H](C)CN1CC2(CCS(=O)(=O)CC2)C1. The minimum absolute atomic E-state index is 0.125. The fourth-order valence-corrected chi connectivity index (χ4v) is 6.04. The van der Waals surface area contributed by atoms with Crippen LogP contribution in [0.4, 0.5) is 13.2 Å². The summed E-state index contributed by atoms with van der Waals surface area (Å²) >= 11 is 0. The van der Waals surface area contributed by atoms with Crippen molar-refractivity contribution in [2.75, 3.05) is 31.1 Å². The molecule has 3 rings (SSSR count). The molecule has 2 aliphatic rings. The van der Waals surface area contributed by atoms with Crippen LogP contribution < -0.4 is 0 Å². The fourth-order valence-electron chi connectivity index (χ4n) is 4.35. The molecule has 0 amide bonds. The Labute approximate surface area is 158 Å². The predicted molar refractivity (Wildman–Crippen MR) is 97.2 cm³/mol. The predicted octanol–water partition coefficient (Wildman–Crippen LogP) is 3.17. The monoisotopic (exact) mass is 407 g/mol. The van der Waals surface area contributed by atoms with E-state index in [9.17, 15) is 21.6 Å². The zero-order valence-corrected chi connectivity index (χ0v) is 16.9. The molecular weight excluding hydrogens is 379 g/mol. The van der Waals surface area contributed by atoms with Gasteiger partial charge in [-0.15, -0.1) is 0 Å². The maximum Gasteiger partial charge on any atom is 0.435 e. The Hall–Kier alpha value is -1.09. The van der Waals surface area contributed by atoms with Crippen LogP contribution in [-0.2, 0) is 22.4 Å². The van der Waals surface area contributed by atoms with Gasteiger partial charge in [0.05, 0.1) is 11.5 Å². The van der Waals surface area contributed by atoms with Crippen LogP contribution in [0.3, 0.4) is 0 Å². The van der Waals surface area contributed by atoms with Crippen molar-refractivity contribution in [3.8, 4) is 0 Å². The summed E-state index contributed by atoms with van der Waals surface area (Å²) in [6, 6.07) is 1.04. The Bertz CT molecular complexity index is 764. The number of hydrogen-bond acceptors (Lipinski definition) is 4. The van der Waals surface area contributed by atoms with Crippen LogP contribution in [-0.4, -0.2) is 54.2 Å². The Balaban J connectivity index is 1.56. The number of hydrogen-bond donors (Lipinski definition) is 0. The van der Waals surface area contributed by atoms with Crippen LogP contribution in [0.1, 0.15) is 51.0 Å². The number of halogens is 3. The lowest BCUT2D eigenvalue weighted by Crippen LogP contribution is -2.59. The summed E-state index contributed by atoms with van der Waals surface area (Å²) in [5.74, 6) is 0.763. The Kier molecular flexibility index (Phi) is 5.40. The Morgan fingerprint density at radius 2 is 1.78 bits per heavy atom. The minimum atomic E-state index is -4.43. The number of aromatic nitrogens is 2. The molecule has 1 spiro atoms. The molecule has 9 heteroatoms. The highest BCUT2D eigenvalue weighted by Crippen LogP contribution is 2.41. The topological polar surface area (TPSA) is 55.2 Å². The van der Waals surface area contributed by atoms with Crippen LogP contribution in [0, 0.1) is 11.3 Å². The zero-order chi connectivity index (χ0) is 20.0. The molecule has 3 heterocycles. The molecule has 5 nitrogen and oxygen atoms in total. The molecule has 154 valence electrons. The standard InChI is InChI=1S/C18H28F3N3O2S/c1-13(2)24-15(9-16(22-24)18(19,20)21)8-14(3)10-23-11-17(12-23)4-6-27(25,26)7-5-17/h9,13-14H,4-8,10-12H2,1-3H3/t14-/m1/s1. The van der Waals surface area contributed by atoms with Gasteiger partial charge in [0, 0.05) is 31.4 Å². The third-order valence-corrected chi connectivity index (χ3v) is 7.38. The second-order valence-electron chi connectivity index (χ2n) is 8.69. The zero-order valence-electron chi connectivity index (χ0n) is 16.1. The van der Waals surface area contributed by atoms with Crippen LogP contribution in [0.5, 0.6) is 0 Å². The van der Waals surface area contributed by atoms with Gasteiger partial charge in [-0.2, -0.15) is 18.3 Å². The molecule has 0 aromatic carbocycles. The third-order valence-electron chi connectivity index (χ3n) is 5.72. The normalized spacial score (nSPS) is 23.5. The van der Waals surface area contributed by atoms with Gasteiger partial charge in [0.1, 0.15) is 9.84 Å². The first-order valence-corrected chi connectivity index (χ1v) is 11.3. The van der Waals surface area contributed by atoms with Gasteiger partial charge >= 0.3 is 6.18 Å². The molecule has 0 aliphatic carbocycles. The molecule has 2 saturated heterocycles. The molecule has 0 bridgehead atoms. The number of rotatable bonds is 5. The van der Waals surface area contributed by atoms with E-state index in [-0.39, 0.29) is 28.9 Å². The van der Waals surface area contributed by atoms with Crippen LogP contribution in [0.25, 0.3) is 0 Å². The van der Waals surface area contributed by atoms with E-state index in [1.807, 2.05) is 20.8 Å². The van der Waals surface area contributed by atoms with E-state index in [0.29, 0.717) is 12.1 Å².